The van der Waals surface area contributed by atoms with E-state index in [1.165, 1.54) is 25.3 Å². The van der Waals surface area contributed by atoms with Gasteiger partial charge in [0.05, 0.1) is 28.3 Å². The number of nitro benzene ring substituents is 1. The largest absolute Gasteiger partial charge is 0.496 e. The van der Waals surface area contributed by atoms with Crippen LogP contribution in [-0.2, 0) is 4.74 Å². The third-order valence-electron chi connectivity index (χ3n) is 5.79. The van der Waals surface area contributed by atoms with Gasteiger partial charge >= 0.3 is 5.97 Å². The predicted octanol–water partition coefficient (Wildman–Crippen LogP) is 4.88. The highest BCUT2D eigenvalue weighted by Gasteiger charge is 2.43. The molecule has 4 rings (SSSR count). The number of methoxy groups -OCH3 is 1. The van der Waals surface area contributed by atoms with E-state index in [1.807, 2.05) is 0 Å². The Hall–Kier alpha value is -4.57. The smallest absolute Gasteiger partial charge is 0.342 e. The van der Waals surface area contributed by atoms with Gasteiger partial charge in [-0.3, -0.25) is 24.5 Å². The van der Waals surface area contributed by atoms with Gasteiger partial charge in [0, 0.05) is 17.7 Å². The molecule has 0 aliphatic carbocycles. The van der Waals surface area contributed by atoms with Gasteiger partial charge < -0.3 is 9.47 Å². The Labute approximate surface area is 215 Å². The summed E-state index contributed by atoms with van der Waals surface area (Å²) in [5, 5.41) is 11.2. The van der Waals surface area contributed by atoms with Crippen LogP contribution in [-0.4, -0.2) is 41.7 Å². The number of carbonyl (C=O) groups is 4. The molecule has 10 nitrogen and oxygen atoms in total. The maximum Gasteiger partial charge on any atom is 0.342 e. The molecule has 1 heterocycles. The Balaban J connectivity index is 1.67. The fraction of sp³-hybridized carbons (Fsp3) is 0.154. The van der Waals surface area contributed by atoms with Crippen molar-refractivity contribution >= 4 is 46.5 Å². The summed E-state index contributed by atoms with van der Waals surface area (Å²) in [6, 6.07) is 14.4. The van der Waals surface area contributed by atoms with Crippen LogP contribution in [0.15, 0.2) is 60.7 Å². The summed E-state index contributed by atoms with van der Waals surface area (Å²) in [6.07, 6.45) is -0.864. The Morgan fingerprint density at radius 2 is 1.76 bits per heavy atom. The van der Waals surface area contributed by atoms with E-state index in [-0.39, 0.29) is 45.4 Å². The lowest BCUT2D eigenvalue weighted by Gasteiger charge is -2.20. The number of Topliss-reactive ketones (excluding diaryl/α,β-unsaturated/α-hetero) is 1. The Bertz CT molecular complexity index is 1450. The number of benzene rings is 3. The molecule has 1 aliphatic heterocycles. The lowest BCUT2D eigenvalue weighted by Crippen LogP contribution is -2.30. The van der Waals surface area contributed by atoms with Crippen molar-refractivity contribution in [1.82, 2.24) is 0 Å². The number of nitrogens with zero attached hydrogens (tertiary/aromatic N) is 2. The molecule has 0 spiro atoms. The molecule has 0 saturated heterocycles. The highest BCUT2D eigenvalue weighted by Crippen LogP contribution is 2.40. The molecule has 188 valence electrons. The lowest BCUT2D eigenvalue weighted by atomic mass is 10.0. The molecular formula is C26H19ClN2O8. The number of carbonyl (C=O) groups excluding carboxylic acids is 4. The summed E-state index contributed by atoms with van der Waals surface area (Å²) in [5.41, 5.74) is -0.928. The minimum Gasteiger partial charge on any atom is -0.496 e. The second-order valence-corrected chi connectivity index (χ2v) is 8.35. The van der Waals surface area contributed by atoms with Gasteiger partial charge in [0.2, 0.25) is 5.78 Å². The van der Waals surface area contributed by atoms with Crippen LogP contribution in [0.2, 0.25) is 5.02 Å². The van der Waals surface area contributed by atoms with Gasteiger partial charge in [-0.15, -0.1) is 0 Å². The minimum atomic E-state index is -1.07. The van der Waals surface area contributed by atoms with Crippen LogP contribution in [0.5, 0.6) is 5.75 Å². The van der Waals surface area contributed by atoms with E-state index >= 15 is 0 Å². The third-order valence-corrected chi connectivity index (χ3v) is 6.09. The Morgan fingerprint density at radius 3 is 2.38 bits per heavy atom. The predicted molar refractivity (Wildman–Crippen MR) is 133 cm³/mol. The van der Waals surface area contributed by atoms with Gasteiger partial charge in [0.25, 0.3) is 17.5 Å². The van der Waals surface area contributed by atoms with Gasteiger partial charge in [-0.05, 0) is 18.6 Å². The number of halogens is 1. The fourth-order valence-electron chi connectivity index (χ4n) is 3.98. The number of ketones is 1. The molecule has 37 heavy (non-hydrogen) atoms. The lowest BCUT2D eigenvalue weighted by molar-refractivity contribution is -0.385. The molecule has 11 heteroatoms. The van der Waals surface area contributed by atoms with Gasteiger partial charge in [-0.2, -0.15) is 0 Å². The molecule has 0 fully saturated rings. The second kappa shape index (κ2) is 10.2. The zero-order chi connectivity index (χ0) is 26.9. The molecule has 2 amide bonds. The van der Waals surface area contributed by atoms with Crippen LogP contribution in [0.4, 0.5) is 11.4 Å². The minimum absolute atomic E-state index is 0.0857. The first-order chi connectivity index (χ1) is 17.7. The quantitative estimate of drug-likeness (QED) is 0.134. The fourth-order valence-corrected chi connectivity index (χ4v) is 4.23. The van der Waals surface area contributed by atoms with Crippen molar-refractivity contribution in [2.24, 2.45) is 0 Å². The summed E-state index contributed by atoms with van der Waals surface area (Å²) >= 11 is 6.38. The molecule has 0 bridgehead atoms. The Morgan fingerprint density at radius 1 is 1.05 bits per heavy atom. The average Bonchev–Trinajstić information content (AvgIpc) is 3.16. The second-order valence-electron chi connectivity index (χ2n) is 7.94. The highest BCUT2D eigenvalue weighted by molar-refractivity contribution is 6.40. The molecule has 1 atom stereocenters. The van der Waals surface area contributed by atoms with Crippen molar-refractivity contribution in [2.45, 2.75) is 19.4 Å². The third kappa shape index (κ3) is 4.54. The van der Waals surface area contributed by atoms with Crippen molar-refractivity contribution in [1.29, 1.82) is 0 Å². The molecule has 0 aromatic heterocycles. The maximum atomic E-state index is 13.1. The first-order valence-electron chi connectivity index (χ1n) is 11.0. The van der Waals surface area contributed by atoms with E-state index in [1.54, 1.807) is 37.3 Å². The SMILES string of the molecule is CC[C@H](OC(=O)c1cc(Cl)c(N2C(=O)c3cccc([N+](=O)[O-])c3C2=O)cc1OC)C(=O)c1ccccc1. The Kier molecular flexibility index (Phi) is 7.03. The van der Waals surface area contributed by atoms with Gasteiger partial charge in [-0.1, -0.05) is 54.9 Å². The molecule has 1 aliphatic rings. The number of fused-ring (bicyclic) bond motifs is 1. The van der Waals surface area contributed by atoms with E-state index in [4.69, 9.17) is 21.1 Å². The van der Waals surface area contributed by atoms with Crippen LogP contribution in [0, 0.1) is 10.1 Å². The van der Waals surface area contributed by atoms with Crippen LogP contribution in [0.25, 0.3) is 0 Å². The number of hydrogen-bond acceptors (Lipinski definition) is 8. The van der Waals surface area contributed by atoms with Crippen LogP contribution in [0.1, 0.15) is 54.8 Å². The molecule has 0 radical (unpaired) electrons. The van der Waals surface area contributed by atoms with Crippen LogP contribution in [0.3, 0.4) is 0 Å². The van der Waals surface area contributed by atoms with E-state index in [0.717, 1.165) is 12.1 Å². The summed E-state index contributed by atoms with van der Waals surface area (Å²) < 4.78 is 10.7. The van der Waals surface area contributed by atoms with Crippen molar-refractivity contribution in [3.8, 4) is 5.75 Å². The van der Waals surface area contributed by atoms with Crippen LogP contribution >= 0.6 is 11.6 Å². The molecular weight excluding hydrogens is 504 g/mol. The normalized spacial score (nSPS) is 13.2. The monoisotopic (exact) mass is 522 g/mol. The first-order valence-corrected chi connectivity index (χ1v) is 11.4. The van der Waals surface area contributed by atoms with Gasteiger partial charge in [-0.25, -0.2) is 9.69 Å². The van der Waals surface area contributed by atoms with E-state index in [9.17, 15) is 29.3 Å². The summed E-state index contributed by atoms with van der Waals surface area (Å²) in [7, 11) is 1.25. The zero-order valence-corrected chi connectivity index (χ0v) is 20.4. The van der Waals surface area contributed by atoms with Crippen molar-refractivity contribution < 1.29 is 33.6 Å². The van der Waals surface area contributed by atoms with E-state index in [2.05, 4.69) is 0 Å². The van der Waals surface area contributed by atoms with Crippen molar-refractivity contribution in [3.63, 3.8) is 0 Å². The molecule has 0 saturated carbocycles. The molecule has 0 unspecified atom stereocenters. The number of nitro groups is 1. The number of esters is 1. The standard InChI is InChI=1S/C26H19ClN2O8/c1-3-20(23(30)14-8-5-4-6-9-14)37-26(33)16-12-17(27)19(13-21(16)36-2)28-24(31)15-10-7-11-18(29(34)35)22(15)25(28)32/h4-13,20H,3H2,1-2H3/t20-/m0/s1. The number of anilines is 1. The van der Waals surface area contributed by atoms with Gasteiger partial charge in [0.1, 0.15) is 16.9 Å². The average molecular weight is 523 g/mol. The summed E-state index contributed by atoms with van der Waals surface area (Å²) in [5.74, 6) is -3.13. The van der Waals surface area contributed by atoms with E-state index in [0.29, 0.717) is 10.5 Å². The first kappa shape index (κ1) is 25.5. The molecule has 3 aromatic carbocycles. The van der Waals surface area contributed by atoms with Crippen LogP contribution < -0.4 is 9.64 Å². The maximum absolute atomic E-state index is 13.1. The topological polar surface area (TPSA) is 133 Å². The molecule has 0 N–H and O–H groups in total. The van der Waals surface area contributed by atoms with Crippen molar-refractivity contribution in [3.05, 3.63) is 98.1 Å². The summed E-state index contributed by atoms with van der Waals surface area (Å²) in [6.45, 7) is 1.69. The zero-order valence-electron chi connectivity index (χ0n) is 19.6. The number of rotatable bonds is 8. The number of ether oxygens (including phenoxy) is 2. The van der Waals surface area contributed by atoms with Gasteiger partial charge in [0.15, 0.2) is 6.10 Å². The summed E-state index contributed by atoms with van der Waals surface area (Å²) in [4.78, 5) is 63.2. The number of amides is 2. The molecule has 3 aromatic rings. The highest BCUT2D eigenvalue weighted by atomic mass is 35.5. The number of hydrogen-bond donors (Lipinski definition) is 0. The van der Waals surface area contributed by atoms with E-state index < -0.39 is 34.5 Å². The van der Waals surface area contributed by atoms with Crippen molar-refractivity contribution in [2.75, 3.05) is 12.0 Å². The number of imide groups is 1.